The summed E-state index contributed by atoms with van der Waals surface area (Å²) in [5, 5.41) is 3.48. The highest BCUT2D eigenvalue weighted by Crippen LogP contribution is 2.34. The van der Waals surface area contributed by atoms with Gasteiger partial charge in [0.1, 0.15) is 5.00 Å². The molecule has 0 aromatic carbocycles. The first kappa shape index (κ1) is 17.9. The lowest BCUT2D eigenvalue weighted by Gasteiger charge is -2.25. The molecular formula is C16H24N2O4S. The molecule has 1 saturated heterocycles. The molecule has 1 amide bonds. The Balaban J connectivity index is 2.11. The van der Waals surface area contributed by atoms with Crippen LogP contribution in [0.3, 0.4) is 0 Å². The molecule has 1 aliphatic heterocycles. The van der Waals surface area contributed by atoms with E-state index in [1.54, 1.807) is 6.92 Å². The maximum Gasteiger partial charge on any atom is 0.341 e. The minimum Gasteiger partial charge on any atom is -0.462 e. The van der Waals surface area contributed by atoms with Gasteiger partial charge in [-0.2, -0.15) is 0 Å². The van der Waals surface area contributed by atoms with Gasteiger partial charge in [-0.3, -0.25) is 9.69 Å². The number of anilines is 1. The van der Waals surface area contributed by atoms with Gasteiger partial charge in [-0.15, -0.1) is 11.3 Å². The second-order valence-electron chi connectivity index (χ2n) is 5.35. The van der Waals surface area contributed by atoms with Crippen LogP contribution in [0, 0.1) is 6.92 Å². The van der Waals surface area contributed by atoms with Crippen molar-refractivity contribution in [3.05, 3.63) is 16.0 Å². The van der Waals surface area contributed by atoms with Crippen molar-refractivity contribution in [2.24, 2.45) is 0 Å². The van der Waals surface area contributed by atoms with E-state index in [0.717, 1.165) is 30.0 Å². The van der Waals surface area contributed by atoms with Gasteiger partial charge in [0.05, 0.1) is 31.9 Å². The van der Waals surface area contributed by atoms with Crippen LogP contribution in [0.25, 0.3) is 0 Å². The molecule has 0 aliphatic carbocycles. The van der Waals surface area contributed by atoms with Crippen LogP contribution in [-0.4, -0.2) is 56.2 Å². The van der Waals surface area contributed by atoms with Gasteiger partial charge in [0, 0.05) is 18.0 Å². The van der Waals surface area contributed by atoms with Crippen molar-refractivity contribution < 1.29 is 19.1 Å². The smallest absolute Gasteiger partial charge is 0.341 e. The van der Waals surface area contributed by atoms with Crippen molar-refractivity contribution in [3.63, 3.8) is 0 Å². The maximum atomic E-state index is 12.3. The Labute approximate surface area is 140 Å². The number of carbonyl (C=O) groups is 2. The number of hydrogen-bond acceptors (Lipinski definition) is 6. The minimum absolute atomic E-state index is 0.110. The third-order valence-corrected chi connectivity index (χ3v) is 4.83. The molecule has 0 atom stereocenters. The second-order valence-corrected chi connectivity index (χ2v) is 6.58. The van der Waals surface area contributed by atoms with Gasteiger partial charge in [0.25, 0.3) is 0 Å². The molecule has 128 valence electrons. The Bertz CT molecular complexity index is 565. The molecule has 2 rings (SSSR count). The summed E-state index contributed by atoms with van der Waals surface area (Å²) < 4.78 is 10.4. The molecule has 1 aromatic heterocycles. The summed E-state index contributed by atoms with van der Waals surface area (Å²) in [5.41, 5.74) is 1.46. The van der Waals surface area contributed by atoms with Crippen molar-refractivity contribution >= 4 is 28.2 Å². The Kier molecular flexibility index (Phi) is 6.56. The van der Waals surface area contributed by atoms with E-state index in [0.29, 0.717) is 36.9 Å². The molecule has 0 radical (unpaired) electrons. The number of esters is 1. The quantitative estimate of drug-likeness (QED) is 0.803. The first-order valence-corrected chi connectivity index (χ1v) is 8.77. The van der Waals surface area contributed by atoms with Crippen LogP contribution in [-0.2, 0) is 20.7 Å². The third-order valence-electron chi connectivity index (χ3n) is 3.77. The summed E-state index contributed by atoms with van der Waals surface area (Å²) in [6, 6.07) is 0. The zero-order valence-corrected chi connectivity index (χ0v) is 14.8. The first-order valence-electron chi connectivity index (χ1n) is 7.96. The molecule has 6 nitrogen and oxygen atoms in total. The number of nitrogens with zero attached hydrogens (tertiary/aromatic N) is 1. The zero-order valence-electron chi connectivity index (χ0n) is 13.9. The van der Waals surface area contributed by atoms with Gasteiger partial charge in [0.2, 0.25) is 5.91 Å². The number of nitrogens with one attached hydrogen (secondary N) is 1. The van der Waals surface area contributed by atoms with Crippen LogP contribution >= 0.6 is 11.3 Å². The van der Waals surface area contributed by atoms with Crippen LogP contribution < -0.4 is 5.32 Å². The van der Waals surface area contributed by atoms with E-state index in [1.165, 1.54) is 11.3 Å². The molecule has 1 fully saturated rings. The topological polar surface area (TPSA) is 67.9 Å². The van der Waals surface area contributed by atoms with E-state index in [4.69, 9.17) is 9.47 Å². The Morgan fingerprint density at radius 2 is 2.00 bits per heavy atom. The lowest BCUT2D eigenvalue weighted by atomic mass is 10.1. The van der Waals surface area contributed by atoms with Crippen molar-refractivity contribution in [1.82, 2.24) is 4.90 Å². The summed E-state index contributed by atoms with van der Waals surface area (Å²) in [5.74, 6) is -0.475. The van der Waals surface area contributed by atoms with Gasteiger partial charge in [0.15, 0.2) is 0 Å². The van der Waals surface area contributed by atoms with E-state index in [-0.39, 0.29) is 11.9 Å². The summed E-state index contributed by atoms with van der Waals surface area (Å²) in [4.78, 5) is 27.6. The number of aryl methyl sites for hydroxylation is 1. The Morgan fingerprint density at radius 3 is 2.61 bits per heavy atom. The van der Waals surface area contributed by atoms with Gasteiger partial charge in [-0.25, -0.2) is 4.79 Å². The van der Waals surface area contributed by atoms with Gasteiger partial charge in [-0.05, 0) is 25.8 Å². The highest BCUT2D eigenvalue weighted by atomic mass is 32.1. The molecule has 0 spiro atoms. The van der Waals surface area contributed by atoms with Crippen molar-refractivity contribution in [2.75, 3.05) is 44.8 Å². The first-order chi connectivity index (χ1) is 11.1. The molecule has 1 aromatic rings. The molecule has 1 aliphatic rings. The standard InChI is InChI=1S/C16H24N2O4S/c1-4-12-11(3)23-15(14(12)16(20)22-5-2)17-13(19)10-18-6-8-21-9-7-18/h4-10H2,1-3H3,(H,17,19). The monoisotopic (exact) mass is 340 g/mol. The number of carbonyl (C=O) groups excluding carboxylic acids is 2. The van der Waals surface area contributed by atoms with Crippen LogP contribution in [0.5, 0.6) is 0 Å². The highest BCUT2D eigenvalue weighted by molar-refractivity contribution is 7.16. The third kappa shape index (κ3) is 4.53. The number of rotatable bonds is 6. The van der Waals surface area contributed by atoms with E-state index < -0.39 is 0 Å². The summed E-state index contributed by atoms with van der Waals surface area (Å²) in [6.45, 7) is 9.17. The summed E-state index contributed by atoms with van der Waals surface area (Å²) in [7, 11) is 0. The van der Waals surface area contributed by atoms with Crippen LogP contribution in [0.4, 0.5) is 5.00 Å². The van der Waals surface area contributed by atoms with Crippen molar-refractivity contribution in [3.8, 4) is 0 Å². The average Bonchev–Trinajstić information content (AvgIpc) is 2.83. The maximum absolute atomic E-state index is 12.3. The van der Waals surface area contributed by atoms with Crippen molar-refractivity contribution in [2.45, 2.75) is 27.2 Å². The van der Waals surface area contributed by atoms with E-state index in [1.807, 2.05) is 18.7 Å². The Morgan fingerprint density at radius 1 is 1.30 bits per heavy atom. The van der Waals surface area contributed by atoms with Gasteiger partial charge in [-0.1, -0.05) is 6.92 Å². The van der Waals surface area contributed by atoms with E-state index in [2.05, 4.69) is 5.32 Å². The lowest BCUT2D eigenvalue weighted by Crippen LogP contribution is -2.41. The largest absolute Gasteiger partial charge is 0.462 e. The van der Waals surface area contributed by atoms with Crippen LogP contribution in [0.1, 0.15) is 34.6 Å². The SMILES string of the molecule is CCOC(=O)c1c(NC(=O)CN2CCOCC2)sc(C)c1CC. The van der Waals surface area contributed by atoms with Crippen molar-refractivity contribution in [1.29, 1.82) is 0 Å². The molecule has 0 unspecified atom stereocenters. The predicted octanol–water partition coefficient (Wildman–Crippen LogP) is 2.07. The Hall–Kier alpha value is -1.44. The van der Waals surface area contributed by atoms with Crippen LogP contribution in [0.2, 0.25) is 0 Å². The highest BCUT2D eigenvalue weighted by Gasteiger charge is 2.24. The lowest BCUT2D eigenvalue weighted by molar-refractivity contribution is -0.118. The second kappa shape index (κ2) is 8.42. The normalized spacial score (nSPS) is 15.4. The molecular weight excluding hydrogens is 316 g/mol. The molecule has 0 bridgehead atoms. The molecule has 7 heteroatoms. The van der Waals surface area contributed by atoms with E-state index >= 15 is 0 Å². The fourth-order valence-electron chi connectivity index (χ4n) is 2.64. The van der Waals surface area contributed by atoms with Gasteiger partial charge < -0.3 is 14.8 Å². The number of thiophene rings is 1. The summed E-state index contributed by atoms with van der Waals surface area (Å²) in [6.07, 6.45) is 0.732. The number of ether oxygens (including phenoxy) is 2. The average molecular weight is 340 g/mol. The fraction of sp³-hybridized carbons (Fsp3) is 0.625. The zero-order chi connectivity index (χ0) is 16.8. The summed E-state index contributed by atoms with van der Waals surface area (Å²) >= 11 is 1.43. The molecule has 0 saturated carbocycles. The molecule has 2 heterocycles. The molecule has 23 heavy (non-hydrogen) atoms. The molecule has 1 N–H and O–H groups in total. The van der Waals surface area contributed by atoms with E-state index in [9.17, 15) is 9.59 Å². The minimum atomic E-state index is -0.365. The number of amides is 1. The number of hydrogen-bond donors (Lipinski definition) is 1. The fourth-order valence-corrected chi connectivity index (χ4v) is 3.79. The predicted molar refractivity (Wildman–Crippen MR) is 90.3 cm³/mol. The number of morpholine rings is 1. The van der Waals surface area contributed by atoms with Crippen LogP contribution in [0.15, 0.2) is 0 Å². The van der Waals surface area contributed by atoms with Gasteiger partial charge >= 0.3 is 5.97 Å².